The van der Waals surface area contributed by atoms with Gasteiger partial charge in [-0.25, -0.2) is 0 Å². The summed E-state index contributed by atoms with van der Waals surface area (Å²) in [6.45, 7) is 1.93. The molecular weight excluding hydrogens is 225 g/mol. The van der Waals surface area contributed by atoms with Gasteiger partial charge < -0.3 is 5.11 Å². The molecule has 0 spiro atoms. The Bertz CT molecular complexity index is 306. The van der Waals surface area contributed by atoms with Gasteiger partial charge in [0.2, 0.25) is 0 Å². The van der Waals surface area contributed by atoms with Crippen LogP contribution in [0.4, 0.5) is 13.2 Å². The molecule has 1 aromatic rings. The Kier molecular flexibility index (Phi) is 4.16. The van der Waals surface area contributed by atoms with E-state index in [1.807, 2.05) is 6.92 Å². The molecule has 0 saturated heterocycles. The van der Waals surface area contributed by atoms with Crippen molar-refractivity contribution in [1.29, 1.82) is 0 Å². The predicted octanol–water partition coefficient (Wildman–Crippen LogP) is 3.47. The molecule has 1 nitrogen and oxygen atoms in total. The van der Waals surface area contributed by atoms with E-state index < -0.39 is 17.2 Å². The maximum atomic E-state index is 12.2. The zero-order valence-corrected chi connectivity index (χ0v) is 9.16. The molecule has 1 atom stereocenters. The summed E-state index contributed by atoms with van der Waals surface area (Å²) < 4.78 is 36.7. The van der Waals surface area contributed by atoms with Gasteiger partial charge in [0.25, 0.3) is 0 Å². The molecule has 0 amide bonds. The largest absolute Gasteiger partial charge is 0.425 e. The van der Waals surface area contributed by atoms with Crippen molar-refractivity contribution in [3.8, 4) is 0 Å². The molecule has 0 aliphatic rings. The molecule has 5 heteroatoms. The summed E-state index contributed by atoms with van der Waals surface area (Å²) in [4.78, 5) is -0.00975. The molecule has 1 heterocycles. The molecule has 1 rings (SSSR count). The molecule has 1 aromatic heterocycles. The summed E-state index contributed by atoms with van der Waals surface area (Å²) in [5, 5.41) is 9.44. The van der Waals surface area contributed by atoms with Crippen molar-refractivity contribution in [2.24, 2.45) is 0 Å². The van der Waals surface area contributed by atoms with Crippen LogP contribution in [0.5, 0.6) is 0 Å². The minimum absolute atomic E-state index is 0.314. The highest BCUT2D eigenvalue weighted by atomic mass is 32.1. The van der Waals surface area contributed by atoms with Gasteiger partial charge in [0.1, 0.15) is 4.88 Å². The van der Waals surface area contributed by atoms with Gasteiger partial charge in [-0.2, -0.15) is 13.2 Å². The number of hydrogen-bond donors (Lipinski definition) is 1. The lowest BCUT2D eigenvalue weighted by atomic mass is 10.1. The second-order valence-corrected chi connectivity index (χ2v) is 4.58. The summed E-state index contributed by atoms with van der Waals surface area (Å²) in [5.41, 5.74) is 0. The van der Waals surface area contributed by atoms with Crippen LogP contribution in [0.15, 0.2) is 12.1 Å². The third-order valence-corrected chi connectivity index (χ3v) is 3.15. The normalized spacial score (nSPS) is 14.2. The molecule has 0 saturated carbocycles. The van der Waals surface area contributed by atoms with Crippen LogP contribution in [-0.4, -0.2) is 11.2 Å². The third-order valence-electron chi connectivity index (χ3n) is 2.00. The first-order valence-electron chi connectivity index (χ1n) is 4.77. The Morgan fingerprint density at radius 3 is 2.53 bits per heavy atom. The number of hydrogen-bond acceptors (Lipinski definition) is 2. The lowest BCUT2D eigenvalue weighted by Gasteiger charge is -2.06. The van der Waals surface area contributed by atoms with Crippen LogP contribution in [0, 0.1) is 0 Å². The molecule has 15 heavy (non-hydrogen) atoms. The highest BCUT2D eigenvalue weighted by Crippen LogP contribution is 2.35. The van der Waals surface area contributed by atoms with Crippen LogP contribution in [-0.2, 0) is 12.6 Å². The maximum Gasteiger partial charge on any atom is 0.425 e. The van der Waals surface area contributed by atoms with E-state index >= 15 is 0 Å². The van der Waals surface area contributed by atoms with Crippen LogP contribution in [0.3, 0.4) is 0 Å². The predicted molar refractivity (Wildman–Crippen MR) is 53.9 cm³/mol. The summed E-state index contributed by atoms with van der Waals surface area (Å²) in [7, 11) is 0. The van der Waals surface area contributed by atoms with Crippen LogP contribution < -0.4 is 0 Å². The number of aliphatic hydroxyl groups is 1. The van der Waals surface area contributed by atoms with Crippen molar-refractivity contribution < 1.29 is 18.3 Å². The molecule has 86 valence electrons. The van der Waals surface area contributed by atoms with Gasteiger partial charge in [-0.3, -0.25) is 0 Å². The van der Waals surface area contributed by atoms with Gasteiger partial charge in [0, 0.05) is 11.3 Å². The number of alkyl halides is 3. The quantitative estimate of drug-likeness (QED) is 0.851. The molecule has 0 aromatic carbocycles. The Morgan fingerprint density at radius 1 is 1.40 bits per heavy atom. The number of rotatable bonds is 4. The molecule has 0 aliphatic carbocycles. The summed E-state index contributed by atoms with van der Waals surface area (Å²) >= 11 is 0.709. The number of aliphatic hydroxyl groups excluding tert-OH is 1. The Morgan fingerprint density at radius 2 is 2.07 bits per heavy atom. The highest BCUT2D eigenvalue weighted by Gasteiger charge is 2.32. The van der Waals surface area contributed by atoms with Gasteiger partial charge in [0.05, 0.1) is 6.10 Å². The van der Waals surface area contributed by atoms with E-state index in [4.69, 9.17) is 0 Å². The molecule has 1 unspecified atom stereocenters. The van der Waals surface area contributed by atoms with E-state index in [9.17, 15) is 18.3 Å². The standard InChI is InChI=1S/C10H13F3OS/c1-2-3-7(14)6-8-4-5-9(15-8)10(11,12)13/h4-5,7,14H,2-3,6H2,1H3. The van der Waals surface area contributed by atoms with Crippen molar-refractivity contribution >= 4 is 11.3 Å². The van der Waals surface area contributed by atoms with Gasteiger partial charge in [0.15, 0.2) is 0 Å². The Hall–Kier alpha value is -0.550. The van der Waals surface area contributed by atoms with E-state index in [0.29, 0.717) is 29.1 Å². The molecule has 0 radical (unpaired) electrons. The van der Waals surface area contributed by atoms with Gasteiger partial charge in [-0.05, 0) is 18.6 Å². The van der Waals surface area contributed by atoms with Gasteiger partial charge in [-0.15, -0.1) is 11.3 Å². The first-order chi connectivity index (χ1) is 6.93. The average molecular weight is 238 g/mol. The van der Waals surface area contributed by atoms with E-state index in [1.54, 1.807) is 0 Å². The smallest absolute Gasteiger partial charge is 0.393 e. The van der Waals surface area contributed by atoms with Crippen LogP contribution in [0.25, 0.3) is 0 Å². The average Bonchev–Trinajstić information content (AvgIpc) is 2.52. The molecule has 0 bridgehead atoms. The fraction of sp³-hybridized carbons (Fsp3) is 0.600. The SMILES string of the molecule is CCCC(O)Cc1ccc(C(F)(F)F)s1. The zero-order valence-electron chi connectivity index (χ0n) is 8.34. The lowest BCUT2D eigenvalue weighted by molar-refractivity contribution is -0.134. The zero-order chi connectivity index (χ0) is 11.5. The van der Waals surface area contributed by atoms with Gasteiger partial charge >= 0.3 is 6.18 Å². The fourth-order valence-corrected chi connectivity index (χ4v) is 2.25. The lowest BCUT2D eigenvalue weighted by Crippen LogP contribution is -2.08. The first-order valence-corrected chi connectivity index (χ1v) is 5.59. The van der Waals surface area contributed by atoms with Crippen molar-refractivity contribution in [3.05, 3.63) is 21.9 Å². The topological polar surface area (TPSA) is 20.2 Å². The molecule has 1 N–H and O–H groups in total. The molecule has 0 fully saturated rings. The Labute approximate surface area is 90.6 Å². The first kappa shape index (κ1) is 12.5. The van der Waals surface area contributed by atoms with Crippen molar-refractivity contribution in [3.63, 3.8) is 0 Å². The second-order valence-electron chi connectivity index (χ2n) is 3.41. The van der Waals surface area contributed by atoms with Crippen LogP contribution in [0.2, 0.25) is 0 Å². The van der Waals surface area contributed by atoms with E-state index in [1.165, 1.54) is 6.07 Å². The number of halogens is 3. The molecular formula is C10H13F3OS. The van der Waals surface area contributed by atoms with E-state index in [-0.39, 0.29) is 0 Å². The van der Waals surface area contributed by atoms with E-state index in [0.717, 1.165) is 12.5 Å². The Balaban J connectivity index is 2.61. The molecule has 0 aliphatic heterocycles. The summed E-state index contributed by atoms with van der Waals surface area (Å²) in [5.74, 6) is 0. The number of thiophene rings is 1. The van der Waals surface area contributed by atoms with Crippen molar-refractivity contribution in [1.82, 2.24) is 0 Å². The minimum atomic E-state index is -4.27. The highest BCUT2D eigenvalue weighted by molar-refractivity contribution is 7.12. The van der Waals surface area contributed by atoms with Crippen molar-refractivity contribution in [2.75, 3.05) is 0 Å². The summed E-state index contributed by atoms with van der Waals surface area (Å²) in [6, 6.07) is 2.50. The fourth-order valence-electron chi connectivity index (χ4n) is 1.31. The second kappa shape index (κ2) is 4.99. The van der Waals surface area contributed by atoms with Crippen molar-refractivity contribution in [2.45, 2.75) is 38.5 Å². The summed E-state index contributed by atoms with van der Waals surface area (Å²) in [6.07, 6.45) is -3.03. The minimum Gasteiger partial charge on any atom is -0.393 e. The monoisotopic (exact) mass is 238 g/mol. The van der Waals surface area contributed by atoms with Crippen LogP contribution >= 0.6 is 11.3 Å². The van der Waals surface area contributed by atoms with Gasteiger partial charge in [-0.1, -0.05) is 13.3 Å². The van der Waals surface area contributed by atoms with E-state index in [2.05, 4.69) is 0 Å². The third kappa shape index (κ3) is 3.83. The van der Waals surface area contributed by atoms with Crippen LogP contribution in [0.1, 0.15) is 29.5 Å². The maximum absolute atomic E-state index is 12.2.